The highest BCUT2D eigenvalue weighted by Crippen LogP contribution is 2.12. The van der Waals surface area contributed by atoms with Crippen molar-refractivity contribution in [2.75, 3.05) is 0 Å². The number of hydrogen-bond donors (Lipinski definition) is 0. The first-order chi connectivity index (χ1) is 11.5. The highest BCUT2D eigenvalue weighted by Gasteiger charge is 2.13. The van der Waals surface area contributed by atoms with Crippen LogP contribution in [0.5, 0.6) is 0 Å². The van der Waals surface area contributed by atoms with E-state index in [2.05, 4.69) is 5.10 Å². The highest BCUT2D eigenvalue weighted by atomic mass is 35.5. The molecule has 0 aliphatic rings. The summed E-state index contributed by atoms with van der Waals surface area (Å²) < 4.78 is 3.94. The van der Waals surface area contributed by atoms with Crippen LogP contribution in [0.25, 0.3) is 0 Å². The summed E-state index contributed by atoms with van der Waals surface area (Å²) in [7, 11) is 1.70. The number of benzene rings is 1. The van der Waals surface area contributed by atoms with Crippen LogP contribution in [-0.2, 0) is 20.1 Å². The van der Waals surface area contributed by atoms with E-state index in [0.717, 1.165) is 10.1 Å². The summed E-state index contributed by atoms with van der Waals surface area (Å²) in [5.41, 5.74) is 0.505. The van der Waals surface area contributed by atoms with Gasteiger partial charge in [-0.2, -0.15) is 5.10 Å². The summed E-state index contributed by atoms with van der Waals surface area (Å²) in [6.07, 6.45) is 0. The average Bonchev–Trinajstić information content (AvgIpc) is 2.87. The molecule has 1 aromatic carbocycles. The van der Waals surface area contributed by atoms with Gasteiger partial charge in [-0.25, -0.2) is 4.79 Å². The monoisotopic (exact) mass is 364 g/mol. The van der Waals surface area contributed by atoms with E-state index >= 15 is 0 Å². The molecule has 0 unspecified atom stereocenters. The average molecular weight is 365 g/mol. The summed E-state index contributed by atoms with van der Waals surface area (Å²) in [5, 5.41) is 4.72. The van der Waals surface area contributed by atoms with Crippen molar-refractivity contribution < 1.29 is 0 Å². The molecule has 0 radical (unpaired) electrons. The molecule has 0 N–H and O–H groups in total. The summed E-state index contributed by atoms with van der Waals surface area (Å²) in [4.78, 5) is 24.8. The quantitative estimate of drug-likeness (QED) is 0.666. The van der Waals surface area contributed by atoms with Gasteiger partial charge in [0, 0.05) is 19.2 Å². The lowest BCUT2D eigenvalue weighted by molar-refractivity contribution is 0.601. The van der Waals surface area contributed by atoms with E-state index in [1.165, 1.54) is 15.3 Å². The molecule has 0 aliphatic heterocycles. The maximum atomic E-state index is 12.7. The number of aryl methyl sites for hydroxylation is 1. The lowest BCUT2D eigenvalue weighted by atomic mass is 10.2. The molecular weight excluding hydrogens is 351 g/mol. The van der Waals surface area contributed by atoms with Crippen molar-refractivity contribution in [1.29, 1.82) is 0 Å². The fourth-order valence-corrected chi connectivity index (χ4v) is 2.77. The van der Waals surface area contributed by atoms with Crippen LogP contribution in [0.1, 0.15) is 11.3 Å². The molecule has 8 heteroatoms. The van der Waals surface area contributed by atoms with Gasteiger partial charge in [0.1, 0.15) is 10.3 Å². The van der Waals surface area contributed by atoms with Crippen LogP contribution < -0.4 is 11.2 Å². The Kier molecular flexibility index (Phi) is 4.59. The van der Waals surface area contributed by atoms with E-state index in [0.29, 0.717) is 10.8 Å². The van der Waals surface area contributed by atoms with Crippen LogP contribution in [0.2, 0.25) is 10.3 Å². The lowest BCUT2D eigenvalue weighted by Gasteiger charge is -2.11. The van der Waals surface area contributed by atoms with Crippen molar-refractivity contribution in [3.63, 3.8) is 0 Å². The summed E-state index contributed by atoms with van der Waals surface area (Å²) in [6, 6.07) is 12.2. The molecule has 24 heavy (non-hydrogen) atoms. The highest BCUT2D eigenvalue weighted by molar-refractivity contribution is 6.29. The zero-order valence-electron chi connectivity index (χ0n) is 12.8. The molecule has 2 aromatic heterocycles. The third-order valence-electron chi connectivity index (χ3n) is 3.61. The molecule has 6 nitrogen and oxygen atoms in total. The van der Waals surface area contributed by atoms with E-state index < -0.39 is 11.2 Å². The fourth-order valence-electron chi connectivity index (χ4n) is 2.38. The van der Waals surface area contributed by atoms with E-state index in [1.807, 2.05) is 30.3 Å². The van der Waals surface area contributed by atoms with Gasteiger partial charge in [-0.15, -0.1) is 0 Å². The maximum absolute atomic E-state index is 12.7. The van der Waals surface area contributed by atoms with Crippen molar-refractivity contribution >= 4 is 23.2 Å². The van der Waals surface area contributed by atoms with Crippen LogP contribution in [0.3, 0.4) is 0 Å². The topological polar surface area (TPSA) is 61.8 Å². The summed E-state index contributed by atoms with van der Waals surface area (Å²) >= 11 is 12.1. The first kappa shape index (κ1) is 16.5. The van der Waals surface area contributed by atoms with Gasteiger partial charge >= 0.3 is 5.69 Å². The van der Waals surface area contributed by atoms with Crippen LogP contribution in [-0.4, -0.2) is 18.9 Å². The second-order valence-corrected chi connectivity index (χ2v) is 6.10. The number of nitrogens with zero attached hydrogens (tertiary/aromatic N) is 4. The molecule has 0 fully saturated rings. The molecule has 3 rings (SSSR count). The fraction of sp³-hybridized carbons (Fsp3) is 0.188. The SMILES string of the molecule is Cn1nc(Cn2c(Cl)cc(=O)n(Cc3ccccc3)c2=O)cc1Cl. The second kappa shape index (κ2) is 6.67. The number of halogens is 2. The van der Waals surface area contributed by atoms with Crippen molar-refractivity contribution in [2.24, 2.45) is 7.05 Å². The summed E-state index contributed by atoms with van der Waals surface area (Å²) in [5.74, 6) is 0. The Bertz CT molecular complexity index is 970. The first-order valence-corrected chi connectivity index (χ1v) is 7.94. The first-order valence-electron chi connectivity index (χ1n) is 7.18. The maximum Gasteiger partial charge on any atom is 0.332 e. The second-order valence-electron chi connectivity index (χ2n) is 5.33. The van der Waals surface area contributed by atoms with Gasteiger partial charge in [0.15, 0.2) is 0 Å². The van der Waals surface area contributed by atoms with E-state index in [9.17, 15) is 9.59 Å². The zero-order valence-corrected chi connectivity index (χ0v) is 14.3. The molecular formula is C16H14Cl2N4O2. The van der Waals surface area contributed by atoms with Gasteiger partial charge < -0.3 is 0 Å². The number of hydrogen-bond acceptors (Lipinski definition) is 3. The van der Waals surface area contributed by atoms with Crippen molar-refractivity contribution in [2.45, 2.75) is 13.1 Å². The van der Waals surface area contributed by atoms with Crippen molar-refractivity contribution in [3.8, 4) is 0 Å². The van der Waals surface area contributed by atoms with Gasteiger partial charge in [-0.05, 0) is 5.56 Å². The molecule has 124 valence electrons. The van der Waals surface area contributed by atoms with Crippen LogP contribution >= 0.6 is 23.2 Å². The van der Waals surface area contributed by atoms with E-state index in [4.69, 9.17) is 23.2 Å². The predicted molar refractivity (Wildman–Crippen MR) is 92.8 cm³/mol. The molecule has 0 atom stereocenters. The molecule has 0 aliphatic carbocycles. The lowest BCUT2D eigenvalue weighted by Crippen LogP contribution is -2.40. The minimum Gasteiger partial charge on any atom is -0.278 e. The molecule has 0 spiro atoms. The Morgan fingerprint density at radius 1 is 0.958 bits per heavy atom. The molecule has 3 aromatic rings. The van der Waals surface area contributed by atoms with Gasteiger partial charge in [-0.3, -0.25) is 18.6 Å². The van der Waals surface area contributed by atoms with Gasteiger partial charge in [0.25, 0.3) is 5.56 Å². The normalized spacial score (nSPS) is 11.0. The molecule has 0 bridgehead atoms. The molecule has 0 amide bonds. The molecule has 0 saturated heterocycles. The zero-order chi connectivity index (χ0) is 17.3. The van der Waals surface area contributed by atoms with Gasteiger partial charge in [-0.1, -0.05) is 53.5 Å². The minimum absolute atomic E-state index is 0.0658. The molecule has 2 heterocycles. The predicted octanol–water partition coefficient (Wildman–Crippen LogP) is 2.15. The number of aromatic nitrogens is 4. The minimum atomic E-state index is -0.488. The Morgan fingerprint density at radius 3 is 2.29 bits per heavy atom. The smallest absolute Gasteiger partial charge is 0.278 e. The van der Waals surface area contributed by atoms with Crippen molar-refractivity contribution in [1.82, 2.24) is 18.9 Å². The Hall–Kier alpha value is -2.31. The standard InChI is InChI=1S/C16H14Cl2N4O2/c1-20-13(17)7-12(19-20)10-21-14(18)8-15(23)22(16(21)24)9-11-5-3-2-4-6-11/h2-8H,9-10H2,1H3. The van der Waals surface area contributed by atoms with E-state index in [1.54, 1.807) is 13.1 Å². The van der Waals surface area contributed by atoms with E-state index in [-0.39, 0.29) is 18.2 Å². The van der Waals surface area contributed by atoms with Crippen LogP contribution in [0.4, 0.5) is 0 Å². The third-order valence-corrected chi connectivity index (χ3v) is 4.27. The largest absolute Gasteiger partial charge is 0.332 e. The Balaban J connectivity index is 2.02. The Labute approximate surface area is 147 Å². The molecule has 0 saturated carbocycles. The third kappa shape index (κ3) is 3.29. The van der Waals surface area contributed by atoms with Crippen LogP contribution in [0, 0.1) is 0 Å². The van der Waals surface area contributed by atoms with Gasteiger partial charge in [0.2, 0.25) is 0 Å². The van der Waals surface area contributed by atoms with Crippen LogP contribution in [0.15, 0.2) is 52.1 Å². The van der Waals surface area contributed by atoms with Gasteiger partial charge in [0.05, 0.1) is 18.8 Å². The Morgan fingerprint density at radius 2 is 1.67 bits per heavy atom. The summed E-state index contributed by atoms with van der Waals surface area (Å²) in [6.45, 7) is 0.311. The number of rotatable bonds is 4. The van der Waals surface area contributed by atoms with Crippen molar-refractivity contribution in [3.05, 3.63) is 84.9 Å².